The molecule has 0 bridgehead atoms. The van der Waals surface area contributed by atoms with Crippen molar-refractivity contribution in [2.45, 2.75) is 61.4 Å². The first kappa shape index (κ1) is 24.7. The normalized spacial score (nSPS) is 20.1. The Morgan fingerprint density at radius 3 is 2.39 bits per heavy atom. The van der Waals surface area contributed by atoms with Gasteiger partial charge in [-0.2, -0.15) is 5.10 Å². The molecule has 2 aromatic heterocycles. The lowest BCUT2D eigenvalue weighted by atomic mass is 9.82. The SMILES string of the molecule is Nc1ncc([C@H]2CC[C@H](N)CC2)c2c1c(-c1ccc(NS(=O)(=O)c3ccccc3F)c(F)c1)nn2C1CC1. The number of nitrogens with zero attached hydrogens (tertiary/aromatic N) is 3. The van der Waals surface area contributed by atoms with E-state index in [0.717, 1.165) is 61.7 Å². The molecule has 2 aromatic carbocycles. The van der Waals surface area contributed by atoms with Gasteiger partial charge in [0.15, 0.2) is 0 Å². The zero-order chi connectivity index (χ0) is 26.6. The third-order valence-corrected chi connectivity index (χ3v) is 8.90. The lowest BCUT2D eigenvalue weighted by molar-refractivity contribution is 0.395. The maximum absolute atomic E-state index is 15.3. The van der Waals surface area contributed by atoms with Gasteiger partial charge in [-0.3, -0.25) is 9.40 Å². The standard InChI is InChI=1S/C27H28F2N6O2S/c28-20-3-1-2-4-23(20)38(36,37)34-22-12-7-16(13-21(22)29)25-24-26(35(33-25)18-10-11-18)19(14-32-27(24)31)15-5-8-17(30)9-6-15/h1-4,7,12-15,17-18,34H,5-6,8-11,30H2,(H2,31,32)/t15-,17-. The first-order valence-electron chi connectivity index (χ1n) is 12.7. The first-order valence-corrected chi connectivity index (χ1v) is 14.2. The molecule has 0 amide bonds. The summed E-state index contributed by atoms with van der Waals surface area (Å²) in [7, 11) is -4.33. The molecular weight excluding hydrogens is 510 g/mol. The highest BCUT2D eigenvalue weighted by Gasteiger charge is 2.32. The Morgan fingerprint density at radius 2 is 1.71 bits per heavy atom. The summed E-state index contributed by atoms with van der Waals surface area (Å²) in [6, 6.07) is 9.48. The second kappa shape index (κ2) is 9.32. The van der Waals surface area contributed by atoms with Gasteiger partial charge in [-0.25, -0.2) is 22.2 Å². The van der Waals surface area contributed by atoms with Crippen LogP contribution >= 0.6 is 0 Å². The van der Waals surface area contributed by atoms with Crippen LogP contribution in [0.5, 0.6) is 0 Å². The number of anilines is 2. The molecule has 6 rings (SSSR count). The van der Waals surface area contributed by atoms with Gasteiger partial charge in [-0.1, -0.05) is 18.2 Å². The zero-order valence-corrected chi connectivity index (χ0v) is 21.4. The van der Waals surface area contributed by atoms with E-state index in [-0.39, 0.29) is 17.8 Å². The summed E-state index contributed by atoms with van der Waals surface area (Å²) in [5.41, 5.74) is 15.2. The number of hydrogen-bond donors (Lipinski definition) is 3. The maximum Gasteiger partial charge on any atom is 0.264 e. The highest BCUT2D eigenvalue weighted by atomic mass is 32.2. The van der Waals surface area contributed by atoms with Crippen molar-refractivity contribution in [3.05, 3.63) is 65.9 Å². The maximum atomic E-state index is 15.3. The van der Waals surface area contributed by atoms with Crippen LogP contribution < -0.4 is 16.2 Å². The molecule has 8 nitrogen and oxygen atoms in total. The van der Waals surface area contributed by atoms with Gasteiger partial charge in [-0.15, -0.1) is 0 Å². The molecule has 4 aromatic rings. The van der Waals surface area contributed by atoms with Crippen molar-refractivity contribution in [1.29, 1.82) is 0 Å². The number of fused-ring (bicyclic) bond motifs is 1. The average Bonchev–Trinajstić information content (AvgIpc) is 3.66. The fourth-order valence-corrected chi connectivity index (χ4v) is 6.49. The van der Waals surface area contributed by atoms with Gasteiger partial charge in [0.05, 0.1) is 22.6 Å². The van der Waals surface area contributed by atoms with Gasteiger partial charge in [-0.05, 0) is 74.3 Å². The van der Waals surface area contributed by atoms with Crippen LogP contribution in [0, 0.1) is 11.6 Å². The van der Waals surface area contributed by atoms with E-state index < -0.39 is 26.6 Å². The highest BCUT2D eigenvalue weighted by Crippen LogP contribution is 2.45. The number of hydrogen-bond acceptors (Lipinski definition) is 6. The molecule has 5 N–H and O–H groups in total. The molecule has 0 saturated heterocycles. The van der Waals surface area contributed by atoms with E-state index >= 15 is 4.39 Å². The summed E-state index contributed by atoms with van der Waals surface area (Å²) in [6.07, 6.45) is 7.63. The Hall–Kier alpha value is -3.57. The van der Waals surface area contributed by atoms with Crippen molar-refractivity contribution in [2.24, 2.45) is 5.73 Å². The molecule has 0 unspecified atom stereocenters. The second-order valence-electron chi connectivity index (χ2n) is 10.2. The van der Waals surface area contributed by atoms with Crippen LogP contribution in [0.1, 0.15) is 56.0 Å². The zero-order valence-electron chi connectivity index (χ0n) is 20.6. The molecule has 0 atom stereocenters. The number of nitrogens with one attached hydrogen (secondary N) is 1. The number of pyridine rings is 1. The predicted molar refractivity (Wildman–Crippen MR) is 142 cm³/mol. The molecule has 0 spiro atoms. The van der Waals surface area contributed by atoms with Crippen LogP contribution in [0.3, 0.4) is 0 Å². The van der Waals surface area contributed by atoms with E-state index in [9.17, 15) is 12.8 Å². The van der Waals surface area contributed by atoms with E-state index in [4.69, 9.17) is 16.6 Å². The smallest absolute Gasteiger partial charge is 0.264 e. The van der Waals surface area contributed by atoms with Gasteiger partial charge < -0.3 is 11.5 Å². The Kier molecular flexibility index (Phi) is 6.07. The monoisotopic (exact) mass is 538 g/mol. The number of nitrogen functional groups attached to an aromatic ring is 1. The Morgan fingerprint density at radius 1 is 0.974 bits per heavy atom. The number of nitrogens with two attached hydrogens (primary N) is 2. The molecule has 2 heterocycles. The van der Waals surface area contributed by atoms with Gasteiger partial charge in [0, 0.05) is 17.8 Å². The molecule has 0 radical (unpaired) electrons. The van der Waals surface area contributed by atoms with Crippen molar-refractivity contribution in [3.8, 4) is 11.3 Å². The molecule has 2 aliphatic carbocycles. The Balaban J connectivity index is 1.41. The number of aromatic nitrogens is 3. The molecule has 0 aliphatic heterocycles. The van der Waals surface area contributed by atoms with Crippen molar-refractivity contribution in [2.75, 3.05) is 10.5 Å². The minimum atomic E-state index is -4.33. The van der Waals surface area contributed by atoms with Crippen molar-refractivity contribution in [1.82, 2.24) is 14.8 Å². The summed E-state index contributed by atoms with van der Waals surface area (Å²) in [5.74, 6) is -1.14. The molecule has 2 aliphatic rings. The summed E-state index contributed by atoms with van der Waals surface area (Å²) >= 11 is 0. The summed E-state index contributed by atoms with van der Waals surface area (Å²) in [5, 5.41) is 5.54. The largest absolute Gasteiger partial charge is 0.383 e. The van der Waals surface area contributed by atoms with Gasteiger partial charge in [0.1, 0.15) is 28.0 Å². The lowest BCUT2D eigenvalue weighted by Gasteiger charge is -2.27. The molecule has 11 heteroatoms. The minimum absolute atomic E-state index is 0.213. The Bertz CT molecular complexity index is 1640. The van der Waals surface area contributed by atoms with Gasteiger partial charge >= 0.3 is 0 Å². The second-order valence-corrected chi connectivity index (χ2v) is 11.8. The van der Waals surface area contributed by atoms with Crippen molar-refractivity contribution >= 4 is 32.4 Å². The fraction of sp³-hybridized carbons (Fsp3) is 0.333. The molecule has 198 valence electrons. The molecule has 2 saturated carbocycles. The van der Waals surface area contributed by atoms with E-state index in [1.54, 1.807) is 6.07 Å². The quantitative estimate of drug-likeness (QED) is 0.314. The fourth-order valence-electron chi connectivity index (χ4n) is 5.34. The summed E-state index contributed by atoms with van der Waals surface area (Å²) in [6.45, 7) is 0. The summed E-state index contributed by atoms with van der Waals surface area (Å²) in [4.78, 5) is 3.92. The first-order chi connectivity index (χ1) is 18.2. The Labute approximate surface area is 219 Å². The number of rotatable bonds is 6. The number of sulfonamides is 1. The molecule has 2 fully saturated rings. The van der Waals surface area contributed by atoms with E-state index in [1.807, 2.05) is 10.9 Å². The highest BCUT2D eigenvalue weighted by molar-refractivity contribution is 7.92. The predicted octanol–water partition coefficient (Wildman–Crippen LogP) is 5.08. The van der Waals surface area contributed by atoms with Crippen molar-refractivity contribution in [3.63, 3.8) is 0 Å². The summed E-state index contributed by atoms with van der Waals surface area (Å²) < 4.78 is 58.8. The van der Waals surface area contributed by atoms with E-state index in [2.05, 4.69) is 9.71 Å². The van der Waals surface area contributed by atoms with Crippen LogP contribution in [-0.2, 0) is 10.0 Å². The number of benzene rings is 2. The van der Waals surface area contributed by atoms with Gasteiger partial charge in [0.25, 0.3) is 10.0 Å². The lowest BCUT2D eigenvalue weighted by Crippen LogP contribution is -2.26. The van der Waals surface area contributed by atoms with Crippen LogP contribution in [0.4, 0.5) is 20.3 Å². The molecule has 38 heavy (non-hydrogen) atoms. The van der Waals surface area contributed by atoms with Crippen LogP contribution in [-0.4, -0.2) is 29.2 Å². The number of halogens is 2. The molecular formula is C27H28F2N6O2S. The van der Waals surface area contributed by atoms with Crippen molar-refractivity contribution < 1.29 is 17.2 Å². The average molecular weight is 539 g/mol. The van der Waals surface area contributed by atoms with Crippen LogP contribution in [0.15, 0.2) is 53.6 Å². The topological polar surface area (TPSA) is 129 Å². The van der Waals surface area contributed by atoms with E-state index in [1.165, 1.54) is 24.3 Å². The van der Waals surface area contributed by atoms with E-state index in [0.29, 0.717) is 28.4 Å². The van der Waals surface area contributed by atoms with Crippen LogP contribution in [0.2, 0.25) is 0 Å². The minimum Gasteiger partial charge on any atom is -0.383 e. The third kappa shape index (κ3) is 4.39. The van der Waals surface area contributed by atoms with Crippen LogP contribution in [0.25, 0.3) is 22.2 Å². The third-order valence-electron chi connectivity index (χ3n) is 7.50. The van der Waals surface area contributed by atoms with Gasteiger partial charge in [0.2, 0.25) is 0 Å².